The van der Waals surface area contributed by atoms with Gasteiger partial charge in [0.25, 0.3) is 0 Å². The van der Waals surface area contributed by atoms with Gasteiger partial charge >= 0.3 is 5.97 Å². The summed E-state index contributed by atoms with van der Waals surface area (Å²) in [6.07, 6.45) is 6.39. The number of fused-ring (bicyclic) bond motifs is 3. The van der Waals surface area contributed by atoms with Gasteiger partial charge in [-0.15, -0.1) is 0 Å². The van der Waals surface area contributed by atoms with E-state index in [4.69, 9.17) is 0 Å². The van der Waals surface area contributed by atoms with Crippen LogP contribution < -0.4 is 0 Å². The standard InChI is InChI=1S/C19H25NO2/c1-3-13-8-7-10-14-15-9-5-6-11-19(4-2,12-16(21)22)18(15)20-17(13)14/h7-8,10,20H,3-6,9,11-12H2,1-2H3,(H,21,22)/t19-/m1/s1. The van der Waals surface area contributed by atoms with Gasteiger partial charge in [0.2, 0.25) is 0 Å². The third-order valence-electron chi connectivity index (χ3n) is 5.44. The summed E-state index contributed by atoms with van der Waals surface area (Å²) >= 11 is 0. The predicted octanol–water partition coefficient (Wildman–Crippen LogP) is 4.58. The van der Waals surface area contributed by atoms with Crippen molar-refractivity contribution in [2.24, 2.45) is 0 Å². The number of para-hydroxylation sites is 1. The Labute approximate surface area is 131 Å². The van der Waals surface area contributed by atoms with Crippen LogP contribution in [0.5, 0.6) is 0 Å². The lowest BCUT2D eigenvalue weighted by Gasteiger charge is -2.30. The van der Waals surface area contributed by atoms with E-state index in [1.807, 2.05) is 0 Å². The van der Waals surface area contributed by atoms with E-state index in [1.165, 1.54) is 27.7 Å². The Kier molecular flexibility index (Phi) is 3.98. The molecule has 1 aliphatic rings. The fraction of sp³-hybridized carbons (Fsp3) is 0.526. The predicted molar refractivity (Wildman–Crippen MR) is 89.5 cm³/mol. The number of aryl methyl sites for hydroxylation is 2. The number of aliphatic carboxylic acids is 1. The number of hydrogen-bond acceptors (Lipinski definition) is 1. The normalized spacial score (nSPS) is 21.5. The van der Waals surface area contributed by atoms with E-state index in [2.05, 4.69) is 37.0 Å². The van der Waals surface area contributed by atoms with Crippen LogP contribution in [0.4, 0.5) is 0 Å². The molecule has 0 saturated carbocycles. The Morgan fingerprint density at radius 3 is 2.82 bits per heavy atom. The van der Waals surface area contributed by atoms with Gasteiger partial charge < -0.3 is 10.1 Å². The maximum absolute atomic E-state index is 11.5. The number of carbonyl (C=O) groups is 1. The Balaban J connectivity index is 2.25. The Morgan fingerprint density at radius 2 is 2.14 bits per heavy atom. The molecule has 1 aromatic heterocycles. The highest BCUT2D eigenvalue weighted by Crippen LogP contribution is 2.44. The first kappa shape index (κ1) is 15.1. The topological polar surface area (TPSA) is 53.1 Å². The van der Waals surface area contributed by atoms with Crippen molar-refractivity contribution in [1.29, 1.82) is 0 Å². The van der Waals surface area contributed by atoms with E-state index in [0.29, 0.717) is 0 Å². The van der Waals surface area contributed by atoms with Gasteiger partial charge in [0.05, 0.1) is 6.42 Å². The van der Waals surface area contributed by atoms with Crippen LogP contribution in [0.1, 0.15) is 62.8 Å². The lowest BCUT2D eigenvalue weighted by Crippen LogP contribution is -2.29. The smallest absolute Gasteiger partial charge is 0.304 e. The highest BCUT2D eigenvalue weighted by molar-refractivity contribution is 5.88. The molecule has 1 atom stereocenters. The number of aromatic nitrogens is 1. The number of hydrogen-bond donors (Lipinski definition) is 2. The zero-order valence-corrected chi connectivity index (χ0v) is 13.5. The second-order valence-corrected chi connectivity index (χ2v) is 6.58. The van der Waals surface area contributed by atoms with Crippen molar-refractivity contribution in [3.63, 3.8) is 0 Å². The Hall–Kier alpha value is -1.77. The summed E-state index contributed by atoms with van der Waals surface area (Å²) in [7, 11) is 0. The van der Waals surface area contributed by atoms with Crippen molar-refractivity contribution in [2.75, 3.05) is 0 Å². The highest BCUT2D eigenvalue weighted by Gasteiger charge is 2.38. The molecule has 0 unspecified atom stereocenters. The van der Waals surface area contributed by atoms with Gasteiger partial charge in [-0.1, -0.05) is 38.5 Å². The lowest BCUT2D eigenvalue weighted by molar-refractivity contribution is -0.138. The van der Waals surface area contributed by atoms with Gasteiger partial charge in [-0.2, -0.15) is 0 Å². The number of aromatic amines is 1. The fourth-order valence-electron chi connectivity index (χ4n) is 4.18. The van der Waals surface area contributed by atoms with Crippen molar-refractivity contribution < 1.29 is 9.90 Å². The third kappa shape index (κ3) is 2.33. The second-order valence-electron chi connectivity index (χ2n) is 6.58. The molecule has 0 bridgehead atoms. The summed E-state index contributed by atoms with van der Waals surface area (Å²) in [5.41, 5.74) is 4.88. The molecule has 0 fully saturated rings. The molecule has 1 aliphatic carbocycles. The van der Waals surface area contributed by atoms with Crippen LogP contribution in [0.15, 0.2) is 18.2 Å². The van der Waals surface area contributed by atoms with Gasteiger partial charge in [-0.3, -0.25) is 4.79 Å². The third-order valence-corrected chi connectivity index (χ3v) is 5.44. The molecule has 2 N–H and O–H groups in total. The minimum atomic E-state index is -0.691. The number of H-pyrrole nitrogens is 1. The van der Waals surface area contributed by atoms with Crippen molar-refractivity contribution in [3.05, 3.63) is 35.0 Å². The molecule has 1 heterocycles. The van der Waals surface area contributed by atoms with Crippen LogP contribution in [-0.2, 0) is 23.1 Å². The number of nitrogens with one attached hydrogen (secondary N) is 1. The molecule has 2 aromatic rings. The summed E-state index contributed by atoms with van der Waals surface area (Å²) in [6.45, 7) is 4.30. The number of rotatable bonds is 4. The first-order chi connectivity index (χ1) is 10.6. The van der Waals surface area contributed by atoms with E-state index in [-0.39, 0.29) is 11.8 Å². The number of carboxylic acids is 1. The van der Waals surface area contributed by atoms with E-state index in [9.17, 15) is 9.90 Å². The van der Waals surface area contributed by atoms with Crippen LogP contribution in [0.3, 0.4) is 0 Å². The van der Waals surface area contributed by atoms with E-state index in [1.54, 1.807) is 0 Å². The Morgan fingerprint density at radius 1 is 1.32 bits per heavy atom. The molecule has 0 radical (unpaired) electrons. The minimum absolute atomic E-state index is 0.227. The molecular weight excluding hydrogens is 274 g/mol. The summed E-state index contributed by atoms with van der Waals surface area (Å²) < 4.78 is 0. The van der Waals surface area contributed by atoms with Crippen LogP contribution in [0.2, 0.25) is 0 Å². The van der Waals surface area contributed by atoms with Crippen LogP contribution in [0, 0.1) is 0 Å². The van der Waals surface area contributed by atoms with Gasteiger partial charge in [0.15, 0.2) is 0 Å². The molecule has 0 aliphatic heterocycles. The average molecular weight is 299 g/mol. The van der Waals surface area contributed by atoms with Crippen molar-refractivity contribution >= 4 is 16.9 Å². The summed E-state index contributed by atoms with van der Waals surface area (Å²) in [6, 6.07) is 6.49. The van der Waals surface area contributed by atoms with E-state index >= 15 is 0 Å². The van der Waals surface area contributed by atoms with Gasteiger partial charge in [0, 0.05) is 22.0 Å². The van der Waals surface area contributed by atoms with Crippen LogP contribution in [0.25, 0.3) is 10.9 Å². The Bertz CT molecular complexity index is 701. The zero-order chi connectivity index (χ0) is 15.7. The minimum Gasteiger partial charge on any atom is -0.481 e. The summed E-state index contributed by atoms with van der Waals surface area (Å²) in [5, 5.41) is 10.7. The summed E-state index contributed by atoms with van der Waals surface area (Å²) in [5.74, 6) is -0.691. The maximum atomic E-state index is 11.5. The van der Waals surface area contributed by atoms with E-state index < -0.39 is 5.97 Å². The first-order valence-corrected chi connectivity index (χ1v) is 8.46. The molecule has 1 aromatic carbocycles. The van der Waals surface area contributed by atoms with Crippen molar-refractivity contribution in [3.8, 4) is 0 Å². The van der Waals surface area contributed by atoms with Crippen molar-refractivity contribution in [1.82, 2.24) is 4.98 Å². The van der Waals surface area contributed by atoms with Gasteiger partial charge in [0.1, 0.15) is 0 Å². The molecule has 0 saturated heterocycles. The SMILES string of the molecule is CCc1cccc2c3c([nH]c12)[C@@](CC)(CC(=O)O)CCCC3. The quantitative estimate of drug-likeness (QED) is 0.812. The molecule has 118 valence electrons. The monoisotopic (exact) mass is 299 g/mol. The molecule has 3 nitrogen and oxygen atoms in total. The fourth-order valence-corrected chi connectivity index (χ4v) is 4.18. The summed E-state index contributed by atoms with van der Waals surface area (Å²) in [4.78, 5) is 15.1. The number of carboxylic acid groups (broad SMARTS) is 1. The molecule has 0 amide bonds. The maximum Gasteiger partial charge on any atom is 0.304 e. The largest absolute Gasteiger partial charge is 0.481 e. The van der Waals surface area contributed by atoms with Gasteiger partial charge in [-0.25, -0.2) is 0 Å². The van der Waals surface area contributed by atoms with Crippen LogP contribution >= 0.6 is 0 Å². The molecule has 3 heteroatoms. The van der Waals surface area contributed by atoms with E-state index in [0.717, 1.165) is 38.5 Å². The molecule has 0 spiro atoms. The van der Waals surface area contributed by atoms with Crippen LogP contribution in [-0.4, -0.2) is 16.1 Å². The molecular formula is C19H25NO2. The molecule has 3 rings (SSSR count). The highest BCUT2D eigenvalue weighted by atomic mass is 16.4. The second kappa shape index (κ2) is 5.79. The average Bonchev–Trinajstić information content (AvgIpc) is 2.80. The van der Waals surface area contributed by atoms with Crippen molar-refractivity contribution in [2.45, 2.75) is 64.2 Å². The lowest BCUT2D eigenvalue weighted by atomic mass is 9.74. The zero-order valence-electron chi connectivity index (χ0n) is 13.5. The number of benzene rings is 1. The first-order valence-electron chi connectivity index (χ1n) is 8.46. The molecule has 22 heavy (non-hydrogen) atoms. The van der Waals surface area contributed by atoms with Gasteiger partial charge in [-0.05, 0) is 43.2 Å².